The number of rotatable bonds is 1. The smallest absolute Gasteiger partial charge is 0.0178 e. The SMILES string of the molecule is CC1CC1c1cccc(Br)c1. The van der Waals surface area contributed by atoms with Crippen LogP contribution in [0.2, 0.25) is 0 Å². The molecule has 0 radical (unpaired) electrons. The lowest BCUT2D eigenvalue weighted by atomic mass is 10.1. The van der Waals surface area contributed by atoms with Gasteiger partial charge in [0.1, 0.15) is 0 Å². The molecular formula is C10H11Br. The van der Waals surface area contributed by atoms with E-state index in [1.165, 1.54) is 16.5 Å². The highest BCUT2D eigenvalue weighted by atomic mass is 79.9. The van der Waals surface area contributed by atoms with Gasteiger partial charge in [0.15, 0.2) is 0 Å². The minimum absolute atomic E-state index is 0.840. The molecule has 1 aromatic rings. The van der Waals surface area contributed by atoms with Crippen molar-refractivity contribution in [3.8, 4) is 0 Å². The lowest BCUT2D eigenvalue weighted by molar-refractivity contribution is 0.914. The average Bonchev–Trinajstić information content (AvgIpc) is 2.67. The first-order valence-electron chi connectivity index (χ1n) is 4.03. The van der Waals surface area contributed by atoms with Gasteiger partial charge in [0.05, 0.1) is 0 Å². The van der Waals surface area contributed by atoms with Crippen molar-refractivity contribution < 1.29 is 0 Å². The fourth-order valence-electron chi connectivity index (χ4n) is 1.52. The van der Waals surface area contributed by atoms with Crippen LogP contribution in [0.4, 0.5) is 0 Å². The molecule has 58 valence electrons. The molecule has 0 aliphatic heterocycles. The third kappa shape index (κ3) is 1.48. The number of hydrogen-bond acceptors (Lipinski definition) is 0. The maximum atomic E-state index is 3.48. The van der Waals surface area contributed by atoms with Crippen LogP contribution in [0.25, 0.3) is 0 Å². The molecule has 1 heteroatoms. The van der Waals surface area contributed by atoms with Crippen molar-refractivity contribution in [3.63, 3.8) is 0 Å². The standard InChI is InChI=1S/C10H11Br/c1-7-5-10(7)8-3-2-4-9(11)6-8/h2-4,6-7,10H,5H2,1H3. The van der Waals surface area contributed by atoms with Gasteiger partial charge in [0.25, 0.3) is 0 Å². The molecule has 2 unspecified atom stereocenters. The third-order valence-electron chi connectivity index (χ3n) is 2.39. The van der Waals surface area contributed by atoms with Crippen molar-refractivity contribution in [3.05, 3.63) is 34.3 Å². The summed E-state index contributed by atoms with van der Waals surface area (Å²) < 4.78 is 1.20. The molecular weight excluding hydrogens is 200 g/mol. The second kappa shape index (κ2) is 2.63. The van der Waals surface area contributed by atoms with Crippen molar-refractivity contribution in [1.82, 2.24) is 0 Å². The topological polar surface area (TPSA) is 0 Å². The molecule has 1 fully saturated rings. The first-order valence-corrected chi connectivity index (χ1v) is 4.82. The molecule has 0 nitrogen and oxygen atoms in total. The fraction of sp³-hybridized carbons (Fsp3) is 0.400. The summed E-state index contributed by atoms with van der Waals surface area (Å²) in [5, 5.41) is 0. The molecule has 0 amide bonds. The zero-order chi connectivity index (χ0) is 7.84. The predicted molar refractivity (Wildman–Crippen MR) is 50.7 cm³/mol. The van der Waals surface area contributed by atoms with Gasteiger partial charge in [-0.2, -0.15) is 0 Å². The van der Waals surface area contributed by atoms with Crippen LogP contribution in [0.15, 0.2) is 28.7 Å². The molecule has 0 N–H and O–H groups in total. The molecule has 2 rings (SSSR count). The normalized spacial score (nSPS) is 28.5. The highest BCUT2D eigenvalue weighted by Gasteiger charge is 2.33. The third-order valence-corrected chi connectivity index (χ3v) is 2.88. The van der Waals surface area contributed by atoms with E-state index in [4.69, 9.17) is 0 Å². The summed E-state index contributed by atoms with van der Waals surface area (Å²) >= 11 is 3.48. The second-order valence-corrected chi connectivity index (χ2v) is 4.29. The van der Waals surface area contributed by atoms with Crippen LogP contribution in [0, 0.1) is 5.92 Å². The van der Waals surface area contributed by atoms with E-state index >= 15 is 0 Å². The van der Waals surface area contributed by atoms with Crippen LogP contribution in [0.5, 0.6) is 0 Å². The van der Waals surface area contributed by atoms with E-state index in [1.54, 1.807) is 0 Å². The zero-order valence-corrected chi connectivity index (χ0v) is 8.14. The average molecular weight is 211 g/mol. The largest absolute Gasteiger partial charge is 0.0619 e. The fourth-order valence-corrected chi connectivity index (χ4v) is 1.94. The van der Waals surface area contributed by atoms with Gasteiger partial charge >= 0.3 is 0 Å². The molecule has 0 saturated heterocycles. The van der Waals surface area contributed by atoms with E-state index in [0.717, 1.165) is 11.8 Å². The summed E-state index contributed by atoms with van der Waals surface area (Å²) in [6, 6.07) is 8.65. The van der Waals surface area contributed by atoms with Gasteiger partial charge in [-0.05, 0) is 36.0 Å². The van der Waals surface area contributed by atoms with Gasteiger partial charge in [-0.1, -0.05) is 35.0 Å². The number of hydrogen-bond donors (Lipinski definition) is 0. The molecule has 1 aliphatic carbocycles. The molecule has 1 saturated carbocycles. The van der Waals surface area contributed by atoms with Crippen molar-refractivity contribution in [1.29, 1.82) is 0 Å². The lowest BCUT2D eigenvalue weighted by Gasteiger charge is -1.97. The van der Waals surface area contributed by atoms with Crippen LogP contribution in [0.3, 0.4) is 0 Å². The summed E-state index contributed by atoms with van der Waals surface area (Å²) in [5.74, 6) is 1.75. The summed E-state index contributed by atoms with van der Waals surface area (Å²) in [6.07, 6.45) is 1.37. The summed E-state index contributed by atoms with van der Waals surface area (Å²) in [5.41, 5.74) is 1.49. The van der Waals surface area contributed by atoms with Crippen LogP contribution in [-0.2, 0) is 0 Å². The van der Waals surface area contributed by atoms with Gasteiger partial charge in [-0.3, -0.25) is 0 Å². The van der Waals surface area contributed by atoms with Gasteiger partial charge in [-0.25, -0.2) is 0 Å². The Morgan fingerprint density at radius 1 is 1.45 bits per heavy atom. The Hall–Kier alpha value is -0.300. The first kappa shape index (κ1) is 7.35. The van der Waals surface area contributed by atoms with Crippen molar-refractivity contribution in [2.75, 3.05) is 0 Å². The Bertz CT molecular complexity index is 267. The van der Waals surface area contributed by atoms with Crippen LogP contribution in [-0.4, -0.2) is 0 Å². The molecule has 1 aliphatic rings. The molecule has 0 spiro atoms. The maximum absolute atomic E-state index is 3.48. The second-order valence-electron chi connectivity index (χ2n) is 3.37. The highest BCUT2D eigenvalue weighted by molar-refractivity contribution is 9.10. The minimum atomic E-state index is 0.840. The quantitative estimate of drug-likeness (QED) is 0.666. The Morgan fingerprint density at radius 2 is 2.18 bits per heavy atom. The van der Waals surface area contributed by atoms with E-state index in [9.17, 15) is 0 Å². The molecule has 1 aromatic carbocycles. The van der Waals surface area contributed by atoms with Gasteiger partial charge in [0, 0.05) is 4.47 Å². The van der Waals surface area contributed by atoms with E-state index < -0.39 is 0 Å². The monoisotopic (exact) mass is 210 g/mol. The van der Waals surface area contributed by atoms with E-state index in [0.29, 0.717) is 0 Å². The van der Waals surface area contributed by atoms with Crippen LogP contribution < -0.4 is 0 Å². The van der Waals surface area contributed by atoms with Gasteiger partial charge in [0.2, 0.25) is 0 Å². The van der Waals surface area contributed by atoms with Gasteiger partial charge < -0.3 is 0 Å². The molecule has 11 heavy (non-hydrogen) atoms. The highest BCUT2D eigenvalue weighted by Crippen LogP contribution is 2.47. The van der Waals surface area contributed by atoms with Crippen molar-refractivity contribution in [2.24, 2.45) is 5.92 Å². The minimum Gasteiger partial charge on any atom is -0.0619 e. The zero-order valence-electron chi connectivity index (χ0n) is 6.55. The Morgan fingerprint density at radius 3 is 2.73 bits per heavy atom. The lowest BCUT2D eigenvalue weighted by Crippen LogP contribution is -1.79. The molecule has 0 aromatic heterocycles. The number of benzene rings is 1. The molecule has 2 atom stereocenters. The Balaban J connectivity index is 2.25. The maximum Gasteiger partial charge on any atom is 0.0178 e. The Kier molecular flexibility index (Phi) is 1.76. The van der Waals surface area contributed by atoms with E-state index in [-0.39, 0.29) is 0 Å². The van der Waals surface area contributed by atoms with Crippen molar-refractivity contribution in [2.45, 2.75) is 19.3 Å². The summed E-state index contributed by atoms with van der Waals surface area (Å²) in [6.45, 7) is 2.31. The summed E-state index contributed by atoms with van der Waals surface area (Å²) in [4.78, 5) is 0. The predicted octanol–water partition coefficient (Wildman–Crippen LogP) is 3.57. The van der Waals surface area contributed by atoms with Crippen LogP contribution in [0.1, 0.15) is 24.8 Å². The van der Waals surface area contributed by atoms with E-state index in [2.05, 4.69) is 47.1 Å². The van der Waals surface area contributed by atoms with Gasteiger partial charge in [-0.15, -0.1) is 0 Å². The van der Waals surface area contributed by atoms with E-state index in [1.807, 2.05) is 0 Å². The van der Waals surface area contributed by atoms with Crippen LogP contribution >= 0.6 is 15.9 Å². The first-order chi connectivity index (χ1) is 5.27. The molecule has 0 bridgehead atoms. The molecule has 0 heterocycles. The van der Waals surface area contributed by atoms with Crippen molar-refractivity contribution >= 4 is 15.9 Å². The summed E-state index contributed by atoms with van der Waals surface area (Å²) in [7, 11) is 0. The Labute approximate surface area is 75.8 Å². The number of halogens is 1.